The van der Waals surface area contributed by atoms with Crippen molar-refractivity contribution < 1.29 is 14.0 Å². The van der Waals surface area contributed by atoms with Gasteiger partial charge < -0.3 is 20.0 Å². The molecule has 0 radical (unpaired) electrons. The molecular formula is C34H40N4O3. The van der Waals surface area contributed by atoms with Gasteiger partial charge in [-0.2, -0.15) is 0 Å². The molecule has 3 aromatic carbocycles. The third-order valence-corrected chi connectivity index (χ3v) is 7.71. The van der Waals surface area contributed by atoms with Crippen LogP contribution >= 0.6 is 0 Å². The number of aromatic nitrogens is 1. The van der Waals surface area contributed by atoms with Gasteiger partial charge in [0.2, 0.25) is 11.7 Å². The highest BCUT2D eigenvalue weighted by Gasteiger charge is 2.30. The fourth-order valence-corrected chi connectivity index (χ4v) is 5.55. The number of hydrogen-bond acceptors (Lipinski definition) is 6. The highest BCUT2D eigenvalue weighted by molar-refractivity contribution is 6.00. The number of anilines is 1. The molecule has 1 aliphatic heterocycles. The van der Waals surface area contributed by atoms with Crippen molar-refractivity contribution in [2.75, 3.05) is 31.1 Å². The first kappa shape index (κ1) is 28.6. The van der Waals surface area contributed by atoms with Crippen LogP contribution in [0.2, 0.25) is 0 Å². The summed E-state index contributed by atoms with van der Waals surface area (Å²) in [6, 6.07) is 23.5. The summed E-state index contributed by atoms with van der Waals surface area (Å²) in [6.07, 6.45) is 1.93. The standard InChI is InChI=1S/C34H40N4O3/c1-4-8-30(32(39)34-37-29-11-5-6-12-31(29)41-34)36-33(40)28(21-23(2)3)26-10-7-9-25(22-26)24-13-15-27(16-14-24)38-19-17-35-18-20-38/h5-7,9-16,22-23,28,30,35H,4,8,17-21H2,1-3H3,(H,36,40). The van der Waals surface area contributed by atoms with E-state index in [4.69, 9.17) is 4.42 Å². The van der Waals surface area contributed by atoms with Gasteiger partial charge in [0.1, 0.15) is 5.52 Å². The number of hydrogen-bond donors (Lipinski definition) is 2. The maximum absolute atomic E-state index is 13.8. The van der Waals surface area contributed by atoms with Crippen LogP contribution in [-0.2, 0) is 4.79 Å². The lowest BCUT2D eigenvalue weighted by atomic mass is 9.87. The topological polar surface area (TPSA) is 87.5 Å². The van der Waals surface area contributed by atoms with Crippen LogP contribution < -0.4 is 15.5 Å². The summed E-state index contributed by atoms with van der Waals surface area (Å²) in [5.41, 5.74) is 5.56. The van der Waals surface area contributed by atoms with Gasteiger partial charge in [-0.15, -0.1) is 0 Å². The number of para-hydroxylation sites is 2. The van der Waals surface area contributed by atoms with E-state index in [0.717, 1.165) is 49.3 Å². The van der Waals surface area contributed by atoms with Crippen LogP contribution in [0.4, 0.5) is 5.69 Å². The highest BCUT2D eigenvalue weighted by Crippen LogP contribution is 2.30. The van der Waals surface area contributed by atoms with E-state index in [-0.39, 0.29) is 23.5 Å². The van der Waals surface area contributed by atoms with Crippen LogP contribution in [0.1, 0.15) is 62.2 Å². The average molecular weight is 553 g/mol. The molecule has 0 saturated carbocycles. The van der Waals surface area contributed by atoms with Crippen molar-refractivity contribution in [2.45, 2.75) is 52.0 Å². The number of carbonyl (C=O) groups excluding carboxylic acids is 2. The van der Waals surface area contributed by atoms with Gasteiger partial charge in [0.05, 0.1) is 12.0 Å². The van der Waals surface area contributed by atoms with Crippen LogP contribution in [0.3, 0.4) is 0 Å². The van der Waals surface area contributed by atoms with E-state index >= 15 is 0 Å². The Labute approximate surface area is 242 Å². The number of fused-ring (bicyclic) bond motifs is 1. The molecule has 7 nitrogen and oxygen atoms in total. The average Bonchev–Trinajstić information content (AvgIpc) is 3.44. The highest BCUT2D eigenvalue weighted by atomic mass is 16.4. The number of piperazine rings is 1. The normalized spacial score (nSPS) is 15.2. The van der Waals surface area contributed by atoms with E-state index in [2.05, 4.69) is 70.8 Å². The van der Waals surface area contributed by atoms with Crippen LogP contribution in [0.25, 0.3) is 22.2 Å². The quantitative estimate of drug-likeness (QED) is 0.215. The molecule has 0 bridgehead atoms. The molecule has 2 heterocycles. The van der Waals surface area contributed by atoms with Gasteiger partial charge in [-0.05, 0) is 59.7 Å². The van der Waals surface area contributed by atoms with Crippen molar-refractivity contribution in [3.05, 3.63) is 84.3 Å². The van der Waals surface area contributed by atoms with Gasteiger partial charge in [0, 0.05) is 31.9 Å². The molecule has 1 aromatic heterocycles. The molecule has 4 aromatic rings. The number of nitrogens with one attached hydrogen (secondary N) is 2. The molecule has 2 unspecified atom stereocenters. The van der Waals surface area contributed by atoms with Gasteiger partial charge in [0.15, 0.2) is 5.58 Å². The molecule has 7 heteroatoms. The Kier molecular flexibility index (Phi) is 9.14. The van der Waals surface area contributed by atoms with Gasteiger partial charge in [-0.25, -0.2) is 4.98 Å². The van der Waals surface area contributed by atoms with E-state index in [0.29, 0.717) is 29.9 Å². The molecule has 0 spiro atoms. The molecule has 41 heavy (non-hydrogen) atoms. The van der Waals surface area contributed by atoms with Gasteiger partial charge in [-0.3, -0.25) is 9.59 Å². The maximum atomic E-state index is 13.8. The first-order valence-corrected chi connectivity index (χ1v) is 14.8. The van der Waals surface area contributed by atoms with Gasteiger partial charge in [0.25, 0.3) is 5.89 Å². The Morgan fingerprint density at radius 3 is 2.44 bits per heavy atom. The summed E-state index contributed by atoms with van der Waals surface area (Å²) in [5.74, 6) is -0.488. The number of carbonyl (C=O) groups is 2. The lowest BCUT2D eigenvalue weighted by Gasteiger charge is -2.29. The van der Waals surface area contributed by atoms with Crippen molar-refractivity contribution in [1.82, 2.24) is 15.6 Å². The lowest BCUT2D eigenvalue weighted by Crippen LogP contribution is -2.43. The Balaban J connectivity index is 1.36. The summed E-state index contributed by atoms with van der Waals surface area (Å²) in [5, 5.41) is 6.47. The maximum Gasteiger partial charge on any atom is 0.266 e. The molecule has 1 amide bonds. The summed E-state index contributed by atoms with van der Waals surface area (Å²) in [7, 11) is 0. The Morgan fingerprint density at radius 1 is 0.976 bits per heavy atom. The number of ketones is 1. The fraction of sp³-hybridized carbons (Fsp3) is 0.382. The zero-order valence-electron chi connectivity index (χ0n) is 24.2. The van der Waals surface area contributed by atoms with Crippen molar-refractivity contribution in [3.8, 4) is 11.1 Å². The third kappa shape index (κ3) is 6.85. The van der Waals surface area contributed by atoms with E-state index < -0.39 is 6.04 Å². The summed E-state index contributed by atoms with van der Waals surface area (Å²) >= 11 is 0. The van der Waals surface area contributed by atoms with E-state index in [9.17, 15) is 9.59 Å². The Hall–Kier alpha value is -3.97. The predicted octanol–water partition coefficient (Wildman–Crippen LogP) is 6.20. The molecule has 1 saturated heterocycles. The smallest absolute Gasteiger partial charge is 0.266 e. The largest absolute Gasteiger partial charge is 0.434 e. The summed E-state index contributed by atoms with van der Waals surface area (Å²) in [4.78, 5) is 34.0. The molecule has 214 valence electrons. The first-order valence-electron chi connectivity index (χ1n) is 14.8. The monoisotopic (exact) mass is 552 g/mol. The van der Waals surface area contributed by atoms with Crippen LogP contribution in [-0.4, -0.2) is 48.9 Å². The number of Topliss-reactive ketones (excluding diaryl/α,β-unsaturated/α-hetero) is 1. The molecule has 0 aliphatic carbocycles. The van der Waals surface area contributed by atoms with E-state index in [1.54, 1.807) is 6.07 Å². The van der Waals surface area contributed by atoms with Crippen molar-refractivity contribution >= 4 is 28.5 Å². The molecular weight excluding hydrogens is 512 g/mol. The number of amides is 1. The predicted molar refractivity (Wildman–Crippen MR) is 164 cm³/mol. The minimum atomic E-state index is -0.698. The first-order chi connectivity index (χ1) is 19.9. The number of oxazole rings is 1. The van der Waals surface area contributed by atoms with Crippen molar-refractivity contribution in [3.63, 3.8) is 0 Å². The number of nitrogens with zero attached hydrogens (tertiary/aromatic N) is 2. The molecule has 1 fully saturated rings. The molecule has 2 atom stereocenters. The second-order valence-corrected chi connectivity index (χ2v) is 11.3. The second-order valence-electron chi connectivity index (χ2n) is 11.3. The van der Waals surface area contributed by atoms with Crippen molar-refractivity contribution in [2.24, 2.45) is 5.92 Å². The molecule has 1 aliphatic rings. The second kappa shape index (κ2) is 13.1. The van der Waals surface area contributed by atoms with Crippen LogP contribution in [0.15, 0.2) is 77.2 Å². The Bertz CT molecular complexity index is 1440. The summed E-state index contributed by atoms with van der Waals surface area (Å²) in [6.45, 7) is 10.3. The Morgan fingerprint density at radius 2 is 1.73 bits per heavy atom. The van der Waals surface area contributed by atoms with E-state index in [1.165, 1.54) is 5.69 Å². The fourth-order valence-electron chi connectivity index (χ4n) is 5.55. The van der Waals surface area contributed by atoms with E-state index in [1.807, 2.05) is 37.3 Å². The third-order valence-electron chi connectivity index (χ3n) is 7.71. The van der Waals surface area contributed by atoms with Crippen molar-refractivity contribution in [1.29, 1.82) is 0 Å². The molecule has 2 N–H and O–H groups in total. The molecule has 5 rings (SSSR count). The van der Waals surface area contributed by atoms with Gasteiger partial charge >= 0.3 is 0 Å². The zero-order chi connectivity index (χ0) is 28.8. The number of benzene rings is 3. The van der Waals surface area contributed by atoms with Gasteiger partial charge in [-0.1, -0.05) is 75.7 Å². The summed E-state index contributed by atoms with van der Waals surface area (Å²) < 4.78 is 5.74. The number of rotatable bonds is 11. The van der Waals surface area contributed by atoms with Crippen LogP contribution in [0, 0.1) is 5.92 Å². The minimum Gasteiger partial charge on any atom is -0.434 e. The van der Waals surface area contributed by atoms with Crippen LogP contribution in [0.5, 0.6) is 0 Å². The SMILES string of the molecule is CCCC(NC(=O)C(CC(C)C)c1cccc(-c2ccc(N3CCNCC3)cc2)c1)C(=O)c1nc2ccccc2o1. The minimum absolute atomic E-state index is 0.0385. The zero-order valence-corrected chi connectivity index (χ0v) is 24.2. The lowest BCUT2D eigenvalue weighted by molar-refractivity contribution is -0.123.